The van der Waals surface area contributed by atoms with Crippen molar-refractivity contribution in [2.75, 3.05) is 5.32 Å². The van der Waals surface area contributed by atoms with E-state index in [0.29, 0.717) is 15.9 Å². The van der Waals surface area contributed by atoms with Gasteiger partial charge in [0.05, 0.1) is 17.8 Å². The van der Waals surface area contributed by atoms with Crippen molar-refractivity contribution in [2.45, 2.75) is 32.9 Å². The second-order valence-corrected chi connectivity index (χ2v) is 5.90. The second-order valence-electron chi connectivity index (χ2n) is 5.05. The lowest BCUT2D eigenvalue weighted by Gasteiger charge is -2.20. The van der Waals surface area contributed by atoms with E-state index in [1.807, 2.05) is 45.0 Å². The molecule has 0 aliphatic carbocycles. The molecule has 0 radical (unpaired) electrons. The van der Waals surface area contributed by atoms with E-state index in [9.17, 15) is 0 Å². The van der Waals surface area contributed by atoms with Gasteiger partial charge in [-0.05, 0) is 50.6 Å². The normalized spacial score (nSPS) is 12.3. The van der Waals surface area contributed by atoms with Gasteiger partial charge < -0.3 is 10.1 Å². The molecule has 0 amide bonds. The first-order valence-corrected chi connectivity index (χ1v) is 7.56. The van der Waals surface area contributed by atoms with E-state index in [4.69, 9.17) is 27.9 Å². The highest BCUT2D eigenvalue weighted by Crippen LogP contribution is 2.31. The monoisotopic (exact) mass is 324 g/mol. The van der Waals surface area contributed by atoms with Gasteiger partial charge in [0.25, 0.3) is 0 Å². The minimum absolute atomic E-state index is 0.00785. The summed E-state index contributed by atoms with van der Waals surface area (Å²) in [6.07, 6.45) is 1.78. The molecule has 5 heteroatoms. The molecular formula is C16H18Cl2N2O. The fourth-order valence-electron chi connectivity index (χ4n) is 1.98. The number of hydrogen-bond donors (Lipinski definition) is 1. The minimum atomic E-state index is 0.00785. The van der Waals surface area contributed by atoms with E-state index in [1.54, 1.807) is 12.3 Å². The molecule has 1 N–H and O–H groups in total. The molecule has 0 fully saturated rings. The van der Waals surface area contributed by atoms with Crippen LogP contribution in [0.5, 0.6) is 5.88 Å². The summed E-state index contributed by atoms with van der Waals surface area (Å²) in [5.74, 6) is 0.587. The average Bonchev–Trinajstić information content (AvgIpc) is 2.40. The van der Waals surface area contributed by atoms with Crippen molar-refractivity contribution >= 4 is 28.9 Å². The Kier molecular flexibility index (Phi) is 5.32. The summed E-state index contributed by atoms with van der Waals surface area (Å²) in [5.41, 5.74) is 1.81. The third kappa shape index (κ3) is 4.26. The fraction of sp³-hybridized carbons (Fsp3) is 0.312. The predicted molar refractivity (Wildman–Crippen MR) is 88.5 cm³/mol. The number of rotatable bonds is 5. The van der Waals surface area contributed by atoms with Crippen molar-refractivity contribution in [3.63, 3.8) is 0 Å². The smallest absolute Gasteiger partial charge is 0.237 e. The first kappa shape index (κ1) is 15.9. The zero-order chi connectivity index (χ0) is 15.4. The van der Waals surface area contributed by atoms with Crippen molar-refractivity contribution in [2.24, 2.45) is 0 Å². The maximum atomic E-state index is 6.24. The van der Waals surface area contributed by atoms with Gasteiger partial charge in [-0.25, -0.2) is 4.98 Å². The van der Waals surface area contributed by atoms with E-state index in [0.717, 1.165) is 11.3 Å². The summed E-state index contributed by atoms with van der Waals surface area (Å²) in [6, 6.07) is 9.30. The lowest BCUT2D eigenvalue weighted by molar-refractivity contribution is 0.234. The number of benzene rings is 1. The Balaban J connectivity index is 2.21. The van der Waals surface area contributed by atoms with Crippen molar-refractivity contribution in [1.29, 1.82) is 0 Å². The molecule has 0 aliphatic rings. The third-order valence-electron chi connectivity index (χ3n) is 2.92. The number of nitrogens with zero attached hydrogens (tertiary/aromatic N) is 1. The Morgan fingerprint density at radius 2 is 1.90 bits per heavy atom. The topological polar surface area (TPSA) is 34.1 Å². The molecule has 0 saturated carbocycles. The highest BCUT2D eigenvalue weighted by molar-refractivity contribution is 6.35. The number of aromatic nitrogens is 1. The first-order valence-electron chi connectivity index (χ1n) is 6.80. The van der Waals surface area contributed by atoms with Crippen LogP contribution in [0.3, 0.4) is 0 Å². The quantitative estimate of drug-likeness (QED) is 0.805. The van der Waals surface area contributed by atoms with E-state index >= 15 is 0 Å². The van der Waals surface area contributed by atoms with Crippen LogP contribution in [-0.4, -0.2) is 11.1 Å². The van der Waals surface area contributed by atoms with Crippen LogP contribution in [0.25, 0.3) is 0 Å². The molecule has 0 spiro atoms. The van der Waals surface area contributed by atoms with Gasteiger partial charge in [-0.2, -0.15) is 0 Å². The largest absolute Gasteiger partial charge is 0.473 e. The third-order valence-corrected chi connectivity index (χ3v) is 3.48. The number of hydrogen-bond acceptors (Lipinski definition) is 3. The molecule has 1 aromatic heterocycles. The van der Waals surface area contributed by atoms with E-state index < -0.39 is 0 Å². The van der Waals surface area contributed by atoms with Crippen LogP contribution in [0.2, 0.25) is 10.0 Å². The van der Waals surface area contributed by atoms with Crippen LogP contribution in [-0.2, 0) is 0 Å². The maximum Gasteiger partial charge on any atom is 0.237 e. The Labute approximate surface area is 135 Å². The van der Waals surface area contributed by atoms with Crippen molar-refractivity contribution in [3.05, 3.63) is 52.1 Å². The van der Waals surface area contributed by atoms with Gasteiger partial charge in [0.1, 0.15) is 0 Å². The van der Waals surface area contributed by atoms with E-state index in [2.05, 4.69) is 10.3 Å². The van der Waals surface area contributed by atoms with Crippen LogP contribution in [0.15, 0.2) is 36.5 Å². The zero-order valence-electron chi connectivity index (χ0n) is 12.2. The van der Waals surface area contributed by atoms with Crippen molar-refractivity contribution in [3.8, 4) is 5.88 Å². The SMILES string of the molecule is CC(C)Oc1ncccc1NC(C)c1ccc(Cl)cc1Cl. The van der Waals surface area contributed by atoms with Gasteiger partial charge in [0.2, 0.25) is 5.88 Å². The minimum Gasteiger partial charge on any atom is -0.473 e. The zero-order valence-corrected chi connectivity index (χ0v) is 13.7. The molecule has 0 saturated heterocycles. The fourth-order valence-corrected chi connectivity index (χ4v) is 2.55. The number of pyridine rings is 1. The first-order chi connectivity index (χ1) is 9.97. The molecule has 1 heterocycles. The number of ether oxygens (including phenoxy) is 1. The van der Waals surface area contributed by atoms with Crippen LogP contribution in [0, 0.1) is 0 Å². The lowest BCUT2D eigenvalue weighted by Crippen LogP contribution is -2.12. The molecule has 1 aromatic carbocycles. The van der Waals surface area contributed by atoms with Gasteiger partial charge in [-0.1, -0.05) is 29.3 Å². The summed E-state index contributed by atoms with van der Waals surface area (Å²) < 4.78 is 5.70. The molecular weight excluding hydrogens is 307 g/mol. The Morgan fingerprint density at radius 3 is 2.57 bits per heavy atom. The molecule has 0 aliphatic heterocycles. The van der Waals surface area contributed by atoms with Crippen molar-refractivity contribution in [1.82, 2.24) is 4.98 Å². The molecule has 2 rings (SSSR count). The molecule has 112 valence electrons. The van der Waals surface area contributed by atoms with Crippen LogP contribution < -0.4 is 10.1 Å². The van der Waals surface area contributed by atoms with Gasteiger partial charge in [-0.15, -0.1) is 0 Å². The number of nitrogens with one attached hydrogen (secondary N) is 1. The van der Waals surface area contributed by atoms with Crippen molar-refractivity contribution < 1.29 is 4.74 Å². The Hall–Kier alpha value is -1.45. The Morgan fingerprint density at radius 1 is 1.14 bits per heavy atom. The summed E-state index contributed by atoms with van der Waals surface area (Å²) in [6.45, 7) is 5.97. The summed E-state index contributed by atoms with van der Waals surface area (Å²) in [5, 5.41) is 4.64. The predicted octanol–water partition coefficient (Wildman–Crippen LogP) is 5.35. The van der Waals surface area contributed by atoms with Gasteiger partial charge in [0, 0.05) is 16.2 Å². The van der Waals surface area contributed by atoms with Crippen LogP contribution >= 0.6 is 23.2 Å². The van der Waals surface area contributed by atoms with Crippen LogP contribution in [0.1, 0.15) is 32.4 Å². The molecule has 1 unspecified atom stereocenters. The molecule has 21 heavy (non-hydrogen) atoms. The highest BCUT2D eigenvalue weighted by atomic mass is 35.5. The van der Waals surface area contributed by atoms with Gasteiger partial charge >= 0.3 is 0 Å². The second kappa shape index (κ2) is 7.01. The standard InChI is InChI=1S/C16H18Cl2N2O/c1-10(2)21-16-15(5-4-8-19-16)20-11(3)13-7-6-12(17)9-14(13)18/h4-11,20H,1-3H3. The number of halogens is 2. The van der Waals surface area contributed by atoms with Crippen LogP contribution in [0.4, 0.5) is 5.69 Å². The van der Waals surface area contributed by atoms with E-state index in [1.165, 1.54) is 0 Å². The van der Waals surface area contributed by atoms with Gasteiger partial charge in [-0.3, -0.25) is 0 Å². The Bertz CT molecular complexity index is 617. The molecule has 0 bridgehead atoms. The van der Waals surface area contributed by atoms with Gasteiger partial charge in [0.15, 0.2) is 0 Å². The number of anilines is 1. The summed E-state index contributed by atoms with van der Waals surface area (Å²) in [4.78, 5) is 4.26. The molecule has 1 atom stereocenters. The summed E-state index contributed by atoms with van der Waals surface area (Å²) >= 11 is 12.2. The average molecular weight is 325 g/mol. The van der Waals surface area contributed by atoms with E-state index in [-0.39, 0.29) is 12.1 Å². The maximum absolute atomic E-state index is 6.24. The molecule has 3 nitrogen and oxygen atoms in total. The highest BCUT2D eigenvalue weighted by Gasteiger charge is 2.13. The summed E-state index contributed by atoms with van der Waals surface area (Å²) in [7, 11) is 0. The molecule has 2 aromatic rings. The lowest BCUT2D eigenvalue weighted by atomic mass is 10.1.